The largest absolute Gasteiger partial charge is 0.311 e. The van der Waals surface area contributed by atoms with Crippen LogP contribution in [0.25, 0.3) is 50.1 Å². The molecule has 9 aromatic carbocycles. The summed E-state index contributed by atoms with van der Waals surface area (Å²) in [7, 11) is 0. The monoisotopic (exact) mass is 808 g/mol. The van der Waals surface area contributed by atoms with Gasteiger partial charge in [0.15, 0.2) is 0 Å². The van der Waals surface area contributed by atoms with Gasteiger partial charge in [0.2, 0.25) is 0 Å². The van der Waals surface area contributed by atoms with Gasteiger partial charge in [-0.3, -0.25) is 0 Å². The van der Waals surface area contributed by atoms with Crippen LogP contribution in [-0.4, -0.2) is 0 Å². The van der Waals surface area contributed by atoms with Crippen molar-refractivity contribution >= 4 is 39.7 Å². The third-order valence-electron chi connectivity index (χ3n) is 12.2. The SMILES string of the molecule is CC1CC=CC=C1c1ccc(-c2ccc(N(c3ccccc3)c3ccc(-c4ccc(N(c5ccc(-c6ccccc6)cc5)c5ccc(-c6ccccc6)cc5)cc4)cc3)cc2)cc1. The molecular formula is C61H48N2. The van der Waals surface area contributed by atoms with Gasteiger partial charge in [0, 0.05) is 34.1 Å². The van der Waals surface area contributed by atoms with E-state index in [1.807, 2.05) is 0 Å². The first-order valence-electron chi connectivity index (χ1n) is 21.9. The van der Waals surface area contributed by atoms with Crippen molar-refractivity contribution in [2.45, 2.75) is 13.3 Å². The molecule has 0 spiro atoms. The zero-order valence-corrected chi connectivity index (χ0v) is 35.4. The molecule has 302 valence electrons. The summed E-state index contributed by atoms with van der Waals surface area (Å²) in [5, 5.41) is 0. The van der Waals surface area contributed by atoms with E-state index in [2.05, 4.69) is 272 Å². The summed E-state index contributed by atoms with van der Waals surface area (Å²) < 4.78 is 0. The molecule has 0 radical (unpaired) electrons. The van der Waals surface area contributed by atoms with Crippen LogP contribution in [0.4, 0.5) is 34.1 Å². The molecule has 0 bridgehead atoms. The molecule has 0 fully saturated rings. The van der Waals surface area contributed by atoms with Crippen LogP contribution in [0.2, 0.25) is 0 Å². The average molecular weight is 809 g/mol. The normalized spacial score (nSPS) is 13.3. The zero-order valence-electron chi connectivity index (χ0n) is 35.4. The summed E-state index contributed by atoms with van der Waals surface area (Å²) in [6, 6.07) is 85.3. The molecule has 0 saturated heterocycles. The molecule has 63 heavy (non-hydrogen) atoms. The molecule has 1 aliphatic rings. The van der Waals surface area contributed by atoms with Crippen molar-refractivity contribution in [1.29, 1.82) is 0 Å². The molecule has 0 saturated carbocycles. The maximum absolute atomic E-state index is 2.34. The number of para-hydroxylation sites is 1. The molecule has 1 aliphatic carbocycles. The number of rotatable bonds is 11. The Morgan fingerprint density at radius 3 is 0.857 bits per heavy atom. The first-order valence-corrected chi connectivity index (χ1v) is 21.9. The molecule has 0 aromatic heterocycles. The molecule has 1 atom stereocenters. The molecule has 0 heterocycles. The molecule has 0 amide bonds. The zero-order chi connectivity index (χ0) is 42.4. The predicted molar refractivity (Wildman–Crippen MR) is 268 cm³/mol. The molecule has 9 aromatic rings. The van der Waals surface area contributed by atoms with Crippen molar-refractivity contribution in [3.05, 3.63) is 260 Å². The Balaban J connectivity index is 0.917. The van der Waals surface area contributed by atoms with Crippen molar-refractivity contribution in [2.24, 2.45) is 5.92 Å². The fraction of sp³-hybridized carbons (Fsp3) is 0.0492. The summed E-state index contributed by atoms with van der Waals surface area (Å²) >= 11 is 0. The van der Waals surface area contributed by atoms with E-state index in [1.165, 1.54) is 44.5 Å². The molecule has 0 N–H and O–H groups in total. The number of hydrogen-bond acceptors (Lipinski definition) is 2. The Hall–Kier alpha value is -7.94. The van der Waals surface area contributed by atoms with Crippen molar-refractivity contribution in [2.75, 3.05) is 9.80 Å². The Labute approximate surface area is 372 Å². The van der Waals surface area contributed by atoms with Crippen LogP contribution in [0.1, 0.15) is 18.9 Å². The van der Waals surface area contributed by atoms with Crippen LogP contribution in [0.5, 0.6) is 0 Å². The number of nitrogens with zero attached hydrogens (tertiary/aromatic N) is 2. The highest BCUT2D eigenvalue weighted by Gasteiger charge is 2.17. The summed E-state index contributed by atoms with van der Waals surface area (Å²) in [4.78, 5) is 4.66. The van der Waals surface area contributed by atoms with Crippen molar-refractivity contribution in [3.8, 4) is 44.5 Å². The highest BCUT2D eigenvalue weighted by Crippen LogP contribution is 2.40. The minimum atomic E-state index is 0.541. The first-order chi connectivity index (χ1) is 31.1. The number of benzene rings is 9. The topological polar surface area (TPSA) is 6.48 Å². The van der Waals surface area contributed by atoms with E-state index in [-0.39, 0.29) is 0 Å². The van der Waals surface area contributed by atoms with Crippen LogP contribution in [0.15, 0.2) is 255 Å². The minimum Gasteiger partial charge on any atom is -0.311 e. The van der Waals surface area contributed by atoms with E-state index in [0.29, 0.717) is 5.92 Å². The van der Waals surface area contributed by atoms with Gasteiger partial charge in [0.1, 0.15) is 0 Å². The highest BCUT2D eigenvalue weighted by molar-refractivity contribution is 5.83. The number of anilines is 6. The van der Waals surface area contributed by atoms with Crippen LogP contribution in [-0.2, 0) is 0 Å². The minimum absolute atomic E-state index is 0.541. The third-order valence-corrected chi connectivity index (χ3v) is 12.2. The quantitative estimate of drug-likeness (QED) is 0.128. The molecule has 2 nitrogen and oxygen atoms in total. The van der Waals surface area contributed by atoms with Crippen LogP contribution in [0.3, 0.4) is 0 Å². The highest BCUT2D eigenvalue weighted by atomic mass is 15.1. The van der Waals surface area contributed by atoms with Crippen molar-refractivity contribution < 1.29 is 0 Å². The van der Waals surface area contributed by atoms with Gasteiger partial charge in [-0.05, 0) is 141 Å². The van der Waals surface area contributed by atoms with E-state index < -0.39 is 0 Å². The lowest BCUT2D eigenvalue weighted by Crippen LogP contribution is -2.10. The fourth-order valence-corrected chi connectivity index (χ4v) is 8.73. The second kappa shape index (κ2) is 18.0. The lowest BCUT2D eigenvalue weighted by atomic mass is 9.87. The van der Waals surface area contributed by atoms with Gasteiger partial charge in [-0.1, -0.05) is 189 Å². The van der Waals surface area contributed by atoms with Gasteiger partial charge in [-0.15, -0.1) is 0 Å². The lowest BCUT2D eigenvalue weighted by molar-refractivity contribution is 0.758. The molecule has 0 aliphatic heterocycles. The van der Waals surface area contributed by atoms with Crippen LogP contribution in [0, 0.1) is 5.92 Å². The van der Waals surface area contributed by atoms with Gasteiger partial charge < -0.3 is 9.80 Å². The summed E-state index contributed by atoms with van der Waals surface area (Å²) in [5.41, 5.74) is 18.9. The summed E-state index contributed by atoms with van der Waals surface area (Å²) in [6.45, 7) is 2.31. The van der Waals surface area contributed by atoms with Crippen molar-refractivity contribution in [1.82, 2.24) is 0 Å². The van der Waals surface area contributed by atoms with Gasteiger partial charge in [0.05, 0.1) is 0 Å². The average Bonchev–Trinajstić information content (AvgIpc) is 3.36. The van der Waals surface area contributed by atoms with Crippen LogP contribution >= 0.6 is 0 Å². The van der Waals surface area contributed by atoms with Crippen LogP contribution < -0.4 is 9.80 Å². The Bertz CT molecular complexity index is 2870. The Kier molecular flexibility index (Phi) is 11.2. The van der Waals surface area contributed by atoms with Gasteiger partial charge >= 0.3 is 0 Å². The van der Waals surface area contributed by atoms with E-state index in [1.54, 1.807) is 0 Å². The van der Waals surface area contributed by atoms with Gasteiger partial charge in [-0.2, -0.15) is 0 Å². The number of hydrogen-bond donors (Lipinski definition) is 0. The molecule has 10 rings (SSSR count). The van der Waals surface area contributed by atoms with E-state index in [9.17, 15) is 0 Å². The van der Waals surface area contributed by atoms with E-state index in [0.717, 1.165) is 51.7 Å². The van der Waals surface area contributed by atoms with E-state index in [4.69, 9.17) is 0 Å². The maximum Gasteiger partial charge on any atom is 0.0462 e. The molecule has 2 heteroatoms. The smallest absolute Gasteiger partial charge is 0.0462 e. The standard InChI is InChI=1S/C61H48N2/c1-45-13-11-12-20-61(45)54-23-21-48(22-24-54)51-29-39-56(40-30-51)62(55-18-9-4-10-19-55)57-41-31-52(32-42-57)53-33-43-60(44-34-53)63(58-35-25-49(26-36-58)46-14-5-2-6-15-46)59-37-27-50(28-38-59)47-16-7-3-8-17-47/h2-12,14-45H,13H2,1H3. The Morgan fingerprint density at radius 1 is 0.286 bits per heavy atom. The maximum atomic E-state index is 2.34. The summed E-state index contributed by atoms with van der Waals surface area (Å²) in [6.07, 6.45) is 7.79. The Morgan fingerprint density at radius 2 is 0.540 bits per heavy atom. The van der Waals surface area contributed by atoms with Crippen molar-refractivity contribution in [3.63, 3.8) is 0 Å². The third kappa shape index (κ3) is 8.53. The first kappa shape index (κ1) is 39.2. The summed E-state index contributed by atoms with van der Waals surface area (Å²) in [5.74, 6) is 0.541. The van der Waals surface area contributed by atoms with E-state index >= 15 is 0 Å². The fourth-order valence-electron chi connectivity index (χ4n) is 8.73. The lowest BCUT2D eigenvalue weighted by Gasteiger charge is -2.26. The molecule has 1 unspecified atom stereocenters. The molecular weight excluding hydrogens is 761 g/mol. The predicted octanol–water partition coefficient (Wildman–Crippen LogP) is 17.3. The second-order valence-corrected chi connectivity index (χ2v) is 16.2. The van der Waals surface area contributed by atoms with Gasteiger partial charge in [0.25, 0.3) is 0 Å². The number of allylic oxidation sites excluding steroid dienone is 4. The van der Waals surface area contributed by atoms with Gasteiger partial charge in [-0.25, -0.2) is 0 Å². The second-order valence-electron chi connectivity index (χ2n) is 16.2.